The summed E-state index contributed by atoms with van der Waals surface area (Å²) >= 11 is 0. The molecular formula is C2H4O2Se. The average molecular weight is 139 g/mol. The van der Waals surface area contributed by atoms with Crippen molar-refractivity contribution in [3.8, 4) is 0 Å². The summed E-state index contributed by atoms with van der Waals surface area (Å²) in [6, 6.07) is 0. The Morgan fingerprint density at radius 2 is 1.80 bits per heavy atom. The molecule has 0 spiro atoms. The van der Waals surface area contributed by atoms with Gasteiger partial charge in [0.1, 0.15) is 0 Å². The maximum atomic E-state index is 9.00. The first kappa shape index (κ1) is 8.89. The minimum atomic E-state index is -0.833. The molecule has 0 aliphatic carbocycles. The van der Waals surface area contributed by atoms with Crippen LogP contribution in [0.3, 0.4) is 0 Å². The molecule has 30 valence electrons. The maximum Gasteiger partial charge on any atom is 0.300 e. The zero-order valence-corrected chi connectivity index (χ0v) is 4.48. The van der Waals surface area contributed by atoms with Crippen LogP contribution >= 0.6 is 0 Å². The summed E-state index contributed by atoms with van der Waals surface area (Å²) in [6.07, 6.45) is 0. The quantitative estimate of drug-likeness (QED) is 0.468. The molecular weight excluding hydrogens is 135 g/mol. The van der Waals surface area contributed by atoms with Gasteiger partial charge in [-0.3, -0.25) is 4.79 Å². The van der Waals surface area contributed by atoms with Crippen molar-refractivity contribution in [1.29, 1.82) is 0 Å². The van der Waals surface area contributed by atoms with Crippen LogP contribution in [0.4, 0.5) is 0 Å². The predicted molar refractivity (Wildman–Crippen MR) is 19.1 cm³/mol. The van der Waals surface area contributed by atoms with Crippen LogP contribution in [0, 0.1) is 0 Å². The molecule has 0 unspecified atom stereocenters. The number of aliphatic carboxylic acids is 1. The van der Waals surface area contributed by atoms with E-state index in [1.807, 2.05) is 0 Å². The maximum absolute atomic E-state index is 9.00. The van der Waals surface area contributed by atoms with E-state index in [1.165, 1.54) is 0 Å². The third-order valence-corrected chi connectivity index (χ3v) is 0. The molecule has 0 atom stereocenters. The van der Waals surface area contributed by atoms with E-state index in [4.69, 9.17) is 9.90 Å². The Labute approximate surface area is 40.7 Å². The monoisotopic (exact) mass is 140 g/mol. The molecule has 0 rings (SSSR count). The van der Waals surface area contributed by atoms with E-state index in [1.54, 1.807) is 0 Å². The largest absolute Gasteiger partial charge is 0.481 e. The van der Waals surface area contributed by atoms with E-state index < -0.39 is 5.97 Å². The van der Waals surface area contributed by atoms with Crippen LogP contribution in [0.1, 0.15) is 6.92 Å². The molecule has 0 aromatic carbocycles. The second-order valence-electron chi connectivity index (χ2n) is 0.519. The molecule has 3 heteroatoms. The number of hydrogen-bond acceptors (Lipinski definition) is 1. The van der Waals surface area contributed by atoms with Gasteiger partial charge in [-0.05, 0) is 0 Å². The van der Waals surface area contributed by atoms with Crippen LogP contribution in [0.15, 0.2) is 0 Å². The second kappa shape index (κ2) is 3.99. The van der Waals surface area contributed by atoms with Gasteiger partial charge in [0.15, 0.2) is 0 Å². The van der Waals surface area contributed by atoms with Gasteiger partial charge in [0.05, 0.1) is 0 Å². The van der Waals surface area contributed by atoms with Gasteiger partial charge in [-0.2, -0.15) is 0 Å². The summed E-state index contributed by atoms with van der Waals surface area (Å²) in [5.41, 5.74) is 0. The van der Waals surface area contributed by atoms with Crippen LogP contribution < -0.4 is 0 Å². The number of hydrogen-bond donors (Lipinski definition) is 1. The van der Waals surface area contributed by atoms with Crippen LogP contribution in [0.2, 0.25) is 0 Å². The summed E-state index contributed by atoms with van der Waals surface area (Å²) in [4.78, 5) is 9.00. The van der Waals surface area contributed by atoms with Crippen LogP contribution in [-0.4, -0.2) is 28.1 Å². The van der Waals surface area contributed by atoms with Crippen molar-refractivity contribution >= 4 is 23.0 Å². The third-order valence-electron chi connectivity index (χ3n) is 0. The topological polar surface area (TPSA) is 37.3 Å². The van der Waals surface area contributed by atoms with Crippen molar-refractivity contribution in [2.75, 3.05) is 0 Å². The predicted octanol–water partition coefficient (Wildman–Crippen LogP) is -0.290. The Hall–Kier alpha value is -0.0105. The van der Waals surface area contributed by atoms with Crippen molar-refractivity contribution in [1.82, 2.24) is 0 Å². The van der Waals surface area contributed by atoms with Crippen LogP contribution in [0.25, 0.3) is 0 Å². The molecule has 2 radical (unpaired) electrons. The second-order valence-corrected chi connectivity index (χ2v) is 0.519. The van der Waals surface area contributed by atoms with E-state index in [0.717, 1.165) is 6.92 Å². The van der Waals surface area contributed by atoms with Crippen molar-refractivity contribution in [2.45, 2.75) is 6.92 Å². The minimum Gasteiger partial charge on any atom is -0.481 e. The van der Waals surface area contributed by atoms with Gasteiger partial charge in [0.2, 0.25) is 0 Å². The first-order chi connectivity index (χ1) is 1.73. The summed E-state index contributed by atoms with van der Waals surface area (Å²) in [5.74, 6) is -0.833. The fourth-order valence-corrected chi connectivity index (χ4v) is 0. The molecule has 2 nitrogen and oxygen atoms in total. The van der Waals surface area contributed by atoms with E-state index >= 15 is 0 Å². The van der Waals surface area contributed by atoms with E-state index in [9.17, 15) is 0 Å². The molecule has 0 heterocycles. The summed E-state index contributed by atoms with van der Waals surface area (Å²) in [6.45, 7) is 1.08. The summed E-state index contributed by atoms with van der Waals surface area (Å²) in [5, 5.41) is 7.42. The van der Waals surface area contributed by atoms with E-state index in [2.05, 4.69) is 0 Å². The minimum absolute atomic E-state index is 0. The van der Waals surface area contributed by atoms with Gasteiger partial charge in [-0.1, -0.05) is 0 Å². The van der Waals surface area contributed by atoms with Gasteiger partial charge < -0.3 is 5.11 Å². The number of carbonyl (C=O) groups is 1. The van der Waals surface area contributed by atoms with Crippen molar-refractivity contribution < 1.29 is 9.90 Å². The van der Waals surface area contributed by atoms with Crippen LogP contribution in [-0.2, 0) is 4.79 Å². The Kier molecular flexibility index (Phi) is 7.09. The Morgan fingerprint density at radius 1 is 1.80 bits per heavy atom. The van der Waals surface area contributed by atoms with Gasteiger partial charge in [0.25, 0.3) is 5.97 Å². The van der Waals surface area contributed by atoms with Gasteiger partial charge >= 0.3 is 0 Å². The van der Waals surface area contributed by atoms with Gasteiger partial charge in [0, 0.05) is 24.0 Å². The molecule has 0 bridgehead atoms. The number of carboxylic acids is 1. The van der Waals surface area contributed by atoms with Crippen molar-refractivity contribution in [3.05, 3.63) is 0 Å². The SMILES string of the molecule is CC(=O)O.[Se]. The zero-order chi connectivity index (χ0) is 3.58. The molecule has 0 saturated heterocycles. The van der Waals surface area contributed by atoms with Crippen LogP contribution in [0.5, 0.6) is 0 Å². The van der Waals surface area contributed by atoms with Crippen molar-refractivity contribution in [3.63, 3.8) is 0 Å². The molecule has 0 saturated carbocycles. The van der Waals surface area contributed by atoms with Crippen molar-refractivity contribution in [2.24, 2.45) is 0 Å². The molecule has 1 N–H and O–H groups in total. The third kappa shape index (κ3) is 143000. The molecule has 0 amide bonds. The summed E-state index contributed by atoms with van der Waals surface area (Å²) in [7, 11) is 0. The number of carboxylic acid groups (broad SMARTS) is 1. The standard InChI is InChI=1S/C2H4O2.Se/c1-2(3)4;/h1H3,(H,3,4);. The van der Waals surface area contributed by atoms with Gasteiger partial charge in [-0.25, -0.2) is 0 Å². The molecule has 0 aliphatic rings. The molecule has 0 fully saturated rings. The molecule has 0 aliphatic heterocycles. The fourth-order valence-electron chi connectivity index (χ4n) is 0. The normalized spacial score (nSPS) is 5.00. The first-order valence-corrected chi connectivity index (χ1v) is 0.928. The molecule has 5 heavy (non-hydrogen) atoms. The van der Waals surface area contributed by atoms with E-state index in [0.29, 0.717) is 0 Å². The van der Waals surface area contributed by atoms with E-state index in [-0.39, 0.29) is 17.1 Å². The zero-order valence-electron chi connectivity index (χ0n) is 2.76. The molecule has 0 aromatic rings. The Morgan fingerprint density at radius 3 is 1.80 bits per heavy atom. The number of rotatable bonds is 0. The smallest absolute Gasteiger partial charge is 0.300 e. The fraction of sp³-hybridized carbons (Fsp3) is 0.500. The Balaban J connectivity index is 0. The first-order valence-electron chi connectivity index (χ1n) is 0.928. The molecule has 0 aromatic heterocycles. The van der Waals surface area contributed by atoms with Gasteiger partial charge in [-0.15, -0.1) is 0 Å². The summed E-state index contributed by atoms with van der Waals surface area (Å²) < 4.78 is 0. The average Bonchev–Trinajstić information content (AvgIpc) is 0.811. The Bertz CT molecular complexity index is 30.6.